The second kappa shape index (κ2) is 6.24. The van der Waals surface area contributed by atoms with E-state index in [-0.39, 0.29) is 0 Å². The zero-order valence-corrected chi connectivity index (χ0v) is 18.0. The Kier molecular flexibility index (Phi) is 5.77. The molecule has 0 atom stereocenters. The molecule has 0 saturated carbocycles. The molecular weight excluding hydrogens is 337 g/mol. The van der Waals surface area contributed by atoms with Gasteiger partial charge in [-0.1, -0.05) is 0 Å². The highest BCUT2D eigenvalue weighted by Crippen LogP contribution is 1.91. The van der Waals surface area contributed by atoms with Crippen LogP contribution in [-0.4, -0.2) is 100 Å². The normalized spacial score (nSPS) is 29.0. The molecule has 0 nitrogen and oxygen atoms in total. The topological polar surface area (TPSA) is 0 Å². The average molecular weight is 337 g/mol. The maximum absolute atomic E-state index is 1.56. The third-order valence-electron chi connectivity index (χ3n) is 1.25. The van der Waals surface area contributed by atoms with Crippen molar-refractivity contribution in [3.05, 3.63) is 0 Å². The third-order valence-corrected chi connectivity index (χ3v) is 101. The van der Waals surface area contributed by atoms with Crippen LogP contribution in [0.25, 0.3) is 0 Å². The predicted octanol–water partition coefficient (Wildman–Crippen LogP) is -4.57. The van der Waals surface area contributed by atoms with Crippen LogP contribution in [0.15, 0.2) is 0 Å². The summed E-state index contributed by atoms with van der Waals surface area (Å²) in [7, 11) is 15.7. The van der Waals surface area contributed by atoms with Crippen molar-refractivity contribution in [1.29, 1.82) is 0 Å². The molecule has 0 bridgehead atoms. The van der Waals surface area contributed by atoms with Crippen LogP contribution in [0, 0.1) is 0 Å². The van der Waals surface area contributed by atoms with Gasteiger partial charge in [0, 0.05) is 100 Å². The SMILES string of the molecule is [Si]1[Si][Si][Si]([Si]2[Si][Si][Si][Si][Si]2)[Si][Si]1. The Morgan fingerprint density at radius 2 is 0.750 bits per heavy atom. The highest BCUT2D eigenvalue weighted by molar-refractivity contribution is 8.04. The maximum atomic E-state index is 1.56. The van der Waals surface area contributed by atoms with Crippen LogP contribution in [0.3, 0.4) is 0 Å². The first-order valence-corrected chi connectivity index (χ1v) is 29.2. The molecule has 2 saturated heterocycles. The number of hydrogen-bond acceptors (Lipinski definition) is 0. The van der Waals surface area contributed by atoms with Crippen molar-refractivity contribution in [3.8, 4) is 0 Å². The van der Waals surface area contributed by atoms with E-state index in [1.54, 1.807) is 34.2 Å². The van der Waals surface area contributed by atoms with E-state index >= 15 is 0 Å². The van der Waals surface area contributed by atoms with Gasteiger partial charge in [0.25, 0.3) is 0 Å². The summed E-state index contributed by atoms with van der Waals surface area (Å²) < 4.78 is 0. The first-order valence-electron chi connectivity index (χ1n) is 3.25. The lowest BCUT2D eigenvalue weighted by Gasteiger charge is -2.28. The van der Waals surface area contributed by atoms with Crippen molar-refractivity contribution in [2.75, 3.05) is 0 Å². The van der Waals surface area contributed by atoms with Crippen molar-refractivity contribution in [1.82, 2.24) is 0 Å². The highest BCUT2D eigenvalue weighted by atomic mass is 30.4. The van der Waals surface area contributed by atoms with Gasteiger partial charge in [-0.3, -0.25) is 0 Å². The Morgan fingerprint density at radius 3 is 1.08 bits per heavy atom. The molecular formula is Si12. The summed E-state index contributed by atoms with van der Waals surface area (Å²) in [5, 5.41) is 0. The lowest BCUT2D eigenvalue weighted by Crippen LogP contribution is -2.66. The Labute approximate surface area is 99.3 Å². The van der Waals surface area contributed by atoms with Crippen molar-refractivity contribution < 1.29 is 0 Å². The van der Waals surface area contributed by atoms with Crippen LogP contribution < -0.4 is 0 Å². The van der Waals surface area contributed by atoms with E-state index in [1.807, 2.05) is 0 Å². The van der Waals surface area contributed by atoms with Gasteiger partial charge in [0.15, 0.2) is 0 Å². The Morgan fingerprint density at radius 1 is 0.417 bits per heavy atom. The molecule has 0 spiro atoms. The second-order valence-corrected chi connectivity index (χ2v) is 54.0. The minimum Gasteiger partial charge on any atom is 0 e. The molecule has 2 fully saturated rings. The number of rotatable bonds is 1. The number of hydrogen-bond donors (Lipinski definition) is 0. The van der Waals surface area contributed by atoms with Crippen LogP contribution in [0.2, 0.25) is 0 Å². The van der Waals surface area contributed by atoms with E-state index in [2.05, 4.69) is 0 Å². The Hall–Kier alpha value is 2.60. The zero-order chi connectivity index (χ0) is 8.23. The quantitative estimate of drug-likeness (QED) is 0.423. The van der Waals surface area contributed by atoms with E-state index in [9.17, 15) is 0 Å². The van der Waals surface area contributed by atoms with Gasteiger partial charge >= 0.3 is 0 Å². The standard InChI is InChI=1S/Si12/c1-3-7-11(8-4-1)12-9-5-2-6-10-12. The minimum absolute atomic E-state index is 0.383. The molecule has 2 aliphatic rings. The van der Waals surface area contributed by atoms with Gasteiger partial charge < -0.3 is 0 Å². The minimum atomic E-state index is 0.383. The summed E-state index contributed by atoms with van der Waals surface area (Å²) in [5.74, 6) is 0. The van der Waals surface area contributed by atoms with Gasteiger partial charge in [0.1, 0.15) is 0 Å². The predicted molar refractivity (Wildman–Crippen MR) is 69.0 cm³/mol. The molecule has 0 amide bonds. The highest BCUT2D eigenvalue weighted by Gasteiger charge is 2.29. The molecule has 0 unspecified atom stereocenters. The van der Waals surface area contributed by atoms with Gasteiger partial charge in [-0.05, 0) is 0 Å². The molecule has 0 aliphatic carbocycles. The van der Waals surface area contributed by atoms with Crippen molar-refractivity contribution >= 4 is 100 Å². The largest absolute Gasteiger partial charge is 0 e. The molecule has 0 aromatic rings. The lowest BCUT2D eigenvalue weighted by molar-refractivity contribution is 3.48. The fourth-order valence-corrected chi connectivity index (χ4v) is 182. The van der Waals surface area contributed by atoms with Crippen molar-refractivity contribution in [2.45, 2.75) is 0 Å². The van der Waals surface area contributed by atoms with E-state index in [0.717, 1.165) is 0 Å². The van der Waals surface area contributed by atoms with Gasteiger partial charge in [-0.25, -0.2) is 0 Å². The fraction of sp³-hybridized carbons (Fsp3) is 0. The van der Waals surface area contributed by atoms with E-state index in [4.69, 9.17) is 0 Å². The summed E-state index contributed by atoms with van der Waals surface area (Å²) in [6.07, 6.45) is 0. The molecule has 0 aromatic heterocycles. The van der Waals surface area contributed by atoms with Crippen molar-refractivity contribution in [2.24, 2.45) is 0 Å². The molecule has 48 valence electrons. The van der Waals surface area contributed by atoms with Crippen LogP contribution in [0.5, 0.6) is 0 Å². The molecule has 0 aromatic carbocycles. The first kappa shape index (κ1) is 11.1. The maximum Gasteiger partial charge on any atom is 0 e. The van der Waals surface area contributed by atoms with Gasteiger partial charge in [0.05, 0.1) is 0 Å². The molecule has 2 heterocycles. The van der Waals surface area contributed by atoms with Gasteiger partial charge in [-0.15, -0.1) is 0 Å². The Balaban J connectivity index is 1.80. The third kappa shape index (κ3) is 3.32. The van der Waals surface area contributed by atoms with Crippen LogP contribution in [0.4, 0.5) is 0 Å². The lowest BCUT2D eigenvalue weighted by atomic mass is 25.8. The van der Waals surface area contributed by atoms with Crippen LogP contribution in [0.1, 0.15) is 0 Å². The van der Waals surface area contributed by atoms with Gasteiger partial charge in [-0.2, -0.15) is 0 Å². The van der Waals surface area contributed by atoms with E-state index in [0.29, 0.717) is 14.7 Å². The summed E-state index contributed by atoms with van der Waals surface area (Å²) >= 11 is 0. The van der Waals surface area contributed by atoms with Gasteiger partial charge in [0.2, 0.25) is 0 Å². The molecule has 22 radical (unpaired) electrons. The fourth-order valence-electron chi connectivity index (χ4n) is 0.750. The molecule has 12 heteroatoms. The van der Waals surface area contributed by atoms with Crippen LogP contribution in [-0.2, 0) is 0 Å². The molecule has 2 aliphatic heterocycles. The van der Waals surface area contributed by atoms with Crippen LogP contribution >= 0.6 is 0 Å². The zero-order valence-electron chi connectivity index (χ0n) is 6.00. The monoisotopic (exact) mass is 336 g/mol. The summed E-state index contributed by atoms with van der Waals surface area (Å²) in [5.41, 5.74) is 0. The van der Waals surface area contributed by atoms with Crippen molar-refractivity contribution in [3.63, 3.8) is 0 Å². The molecule has 12 heavy (non-hydrogen) atoms. The van der Waals surface area contributed by atoms with E-state index in [1.165, 1.54) is 51.3 Å². The summed E-state index contributed by atoms with van der Waals surface area (Å²) in [6, 6.07) is 0. The summed E-state index contributed by atoms with van der Waals surface area (Å²) in [4.78, 5) is 0. The molecule has 2 rings (SSSR count). The van der Waals surface area contributed by atoms with E-state index < -0.39 is 0 Å². The Bertz CT molecular complexity index is 100. The smallest absolute Gasteiger partial charge is 0 e. The summed E-state index contributed by atoms with van der Waals surface area (Å²) in [6.45, 7) is 0. The average Bonchev–Trinajstić information content (AvgIpc) is 2.21. The molecule has 0 N–H and O–H groups in total. The second-order valence-electron chi connectivity index (χ2n) is 2.00. The first-order chi connectivity index (χ1) is 5.97.